The highest BCUT2D eigenvalue weighted by Crippen LogP contribution is 2.20. The van der Waals surface area contributed by atoms with Crippen LogP contribution in [0.3, 0.4) is 0 Å². The van der Waals surface area contributed by atoms with Gasteiger partial charge in [-0.15, -0.1) is 0 Å². The summed E-state index contributed by atoms with van der Waals surface area (Å²) < 4.78 is 0. The van der Waals surface area contributed by atoms with E-state index in [1.165, 1.54) is 0 Å². The Labute approximate surface area is 96.6 Å². The second-order valence-corrected chi connectivity index (χ2v) is 4.60. The summed E-state index contributed by atoms with van der Waals surface area (Å²) in [6.45, 7) is 8.01. The number of nitrogens with two attached hydrogens (primary N) is 1. The van der Waals surface area contributed by atoms with E-state index < -0.39 is 0 Å². The van der Waals surface area contributed by atoms with Crippen molar-refractivity contribution in [1.82, 2.24) is 9.80 Å². The fraction of sp³-hybridized carbons (Fsp3) is 0.818. The van der Waals surface area contributed by atoms with Gasteiger partial charge >= 0.3 is 6.03 Å². The van der Waals surface area contributed by atoms with Crippen molar-refractivity contribution in [3.63, 3.8) is 0 Å². The first-order valence-corrected chi connectivity index (χ1v) is 5.79. The van der Waals surface area contributed by atoms with Gasteiger partial charge < -0.3 is 15.5 Å². The van der Waals surface area contributed by atoms with Crippen LogP contribution in [0.2, 0.25) is 0 Å². The summed E-state index contributed by atoms with van der Waals surface area (Å²) >= 11 is 0. The van der Waals surface area contributed by atoms with Gasteiger partial charge in [-0.3, -0.25) is 4.79 Å². The van der Waals surface area contributed by atoms with Crippen molar-refractivity contribution in [2.24, 2.45) is 11.7 Å². The highest BCUT2D eigenvalue weighted by molar-refractivity contribution is 5.77. The predicted octanol–water partition coefficient (Wildman–Crippen LogP) is 0.644. The molecule has 0 aromatic carbocycles. The Hall–Kier alpha value is -1.26. The molecule has 1 aliphatic heterocycles. The number of amides is 3. The molecular weight excluding hydrogens is 206 g/mol. The average Bonchev–Trinajstić information content (AvgIpc) is 2.10. The van der Waals surface area contributed by atoms with Crippen LogP contribution in [0.5, 0.6) is 0 Å². The molecule has 5 heteroatoms. The van der Waals surface area contributed by atoms with Gasteiger partial charge in [0.05, 0.1) is 0 Å². The summed E-state index contributed by atoms with van der Waals surface area (Å²) in [6, 6.07) is 0.283. The molecule has 16 heavy (non-hydrogen) atoms. The highest BCUT2D eigenvalue weighted by atomic mass is 16.2. The summed E-state index contributed by atoms with van der Waals surface area (Å²) in [5.41, 5.74) is 5.11. The molecule has 0 aliphatic carbocycles. The molecular formula is C11H21N3O2. The van der Waals surface area contributed by atoms with E-state index >= 15 is 0 Å². The lowest BCUT2D eigenvalue weighted by Crippen LogP contribution is -2.56. The number of hydrogen-bond donors (Lipinski definition) is 1. The topological polar surface area (TPSA) is 66.6 Å². The van der Waals surface area contributed by atoms with Gasteiger partial charge in [-0.25, -0.2) is 4.79 Å². The third kappa shape index (κ3) is 2.87. The van der Waals surface area contributed by atoms with Crippen LogP contribution < -0.4 is 5.73 Å². The van der Waals surface area contributed by atoms with E-state index in [2.05, 4.69) is 0 Å². The molecule has 3 amide bonds. The van der Waals surface area contributed by atoms with E-state index in [4.69, 9.17) is 5.73 Å². The number of carbonyl (C=O) groups excluding carboxylic acids is 2. The molecule has 1 fully saturated rings. The van der Waals surface area contributed by atoms with Gasteiger partial charge in [0.25, 0.3) is 0 Å². The Morgan fingerprint density at radius 3 is 2.38 bits per heavy atom. The molecule has 0 radical (unpaired) electrons. The van der Waals surface area contributed by atoms with Gasteiger partial charge in [0.15, 0.2) is 0 Å². The van der Waals surface area contributed by atoms with Crippen LogP contribution in [0.4, 0.5) is 4.79 Å². The minimum absolute atomic E-state index is 0.0678. The van der Waals surface area contributed by atoms with Crippen molar-refractivity contribution >= 4 is 11.9 Å². The van der Waals surface area contributed by atoms with Crippen molar-refractivity contribution in [2.45, 2.75) is 33.2 Å². The fourth-order valence-electron chi connectivity index (χ4n) is 2.04. The SMILES string of the molecule is CCN(C(=O)N1CC(CC(N)=O)C1)C(C)C. The minimum Gasteiger partial charge on any atom is -0.370 e. The Balaban J connectivity index is 2.39. The van der Waals surface area contributed by atoms with Crippen molar-refractivity contribution in [2.75, 3.05) is 19.6 Å². The van der Waals surface area contributed by atoms with Crippen LogP contribution in [-0.2, 0) is 4.79 Å². The van der Waals surface area contributed by atoms with E-state index in [1.807, 2.05) is 25.7 Å². The number of urea groups is 1. The van der Waals surface area contributed by atoms with Crippen molar-refractivity contribution < 1.29 is 9.59 Å². The Kier molecular flexibility index (Phi) is 4.15. The lowest BCUT2D eigenvalue weighted by Gasteiger charge is -2.42. The monoisotopic (exact) mass is 227 g/mol. The first kappa shape index (κ1) is 12.8. The smallest absolute Gasteiger partial charge is 0.320 e. The van der Waals surface area contributed by atoms with Gasteiger partial charge in [-0.05, 0) is 20.8 Å². The molecule has 5 nitrogen and oxygen atoms in total. The number of likely N-dealkylation sites (tertiary alicyclic amines) is 1. The molecule has 0 bridgehead atoms. The number of rotatable bonds is 4. The van der Waals surface area contributed by atoms with Gasteiger partial charge in [0.2, 0.25) is 5.91 Å². The second kappa shape index (κ2) is 5.18. The summed E-state index contributed by atoms with van der Waals surface area (Å²) in [6.07, 6.45) is 0.386. The molecule has 92 valence electrons. The number of hydrogen-bond acceptors (Lipinski definition) is 2. The van der Waals surface area contributed by atoms with Crippen LogP contribution in [0.25, 0.3) is 0 Å². The molecule has 0 saturated carbocycles. The van der Waals surface area contributed by atoms with E-state index in [0.29, 0.717) is 26.1 Å². The van der Waals surface area contributed by atoms with Crippen molar-refractivity contribution in [3.05, 3.63) is 0 Å². The number of primary amides is 1. The fourth-order valence-corrected chi connectivity index (χ4v) is 2.04. The summed E-state index contributed by atoms with van der Waals surface area (Å²) in [5, 5.41) is 0. The number of carbonyl (C=O) groups is 2. The lowest BCUT2D eigenvalue weighted by atomic mass is 9.96. The molecule has 1 saturated heterocycles. The van der Waals surface area contributed by atoms with E-state index in [1.54, 1.807) is 4.90 Å². The summed E-state index contributed by atoms with van der Waals surface area (Å²) in [7, 11) is 0. The van der Waals surface area contributed by atoms with E-state index in [-0.39, 0.29) is 23.9 Å². The van der Waals surface area contributed by atoms with Gasteiger partial charge in [-0.1, -0.05) is 0 Å². The quantitative estimate of drug-likeness (QED) is 0.766. The molecule has 0 unspecified atom stereocenters. The standard InChI is InChI=1S/C11H21N3O2/c1-4-14(8(2)3)11(16)13-6-9(7-13)5-10(12)15/h8-9H,4-7H2,1-3H3,(H2,12,15). The highest BCUT2D eigenvalue weighted by Gasteiger charge is 2.34. The molecule has 1 heterocycles. The molecule has 0 aromatic rings. The lowest BCUT2D eigenvalue weighted by molar-refractivity contribution is -0.120. The van der Waals surface area contributed by atoms with Crippen LogP contribution in [0.15, 0.2) is 0 Å². The Morgan fingerprint density at radius 1 is 1.44 bits per heavy atom. The first-order valence-electron chi connectivity index (χ1n) is 5.79. The van der Waals surface area contributed by atoms with Gasteiger partial charge in [0.1, 0.15) is 0 Å². The zero-order valence-electron chi connectivity index (χ0n) is 10.3. The zero-order chi connectivity index (χ0) is 12.3. The normalized spacial score (nSPS) is 16.1. The van der Waals surface area contributed by atoms with Crippen LogP contribution in [-0.4, -0.2) is 47.4 Å². The molecule has 0 atom stereocenters. The predicted molar refractivity (Wildman–Crippen MR) is 61.8 cm³/mol. The third-order valence-electron chi connectivity index (χ3n) is 2.93. The summed E-state index contributed by atoms with van der Waals surface area (Å²) in [5.74, 6) is -0.0272. The minimum atomic E-state index is -0.284. The van der Waals surface area contributed by atoms with Gasteiger partial charge in [-0.2, -0.15) is 0 Å². The van der Waals surface area contributed by atoms with Crippen LogP contribution >= 0.6 is 0 Å². The molecule has 0 spiro atoms. The molecule has 0 aromatic heterocycles. The van der Waals surface area contributed by atoms with Crippen molar-refractivity contribution in [1.29, 1.82) is 0 Å². The molecule has 2 N–H and O–H groups in total. The Morgan fingerprint density at radius 2 is 2.00 bits per heavy atom. The maximum Gasteiger partial charge on any atom is 0.320 e. The van der Waals surface area contributed by atoms with Crippen molar-refractivity contribution in [3.8, 4) is 0 Å². The van der Waals surface area contributed by atoms with Crippen LogP contribution in [0.1, 0.15) is 27.2 Å². The van der Waals surface area contributed by atoms with E-state index in [0.717, 1.165) is 0 Å². The molecule has 1 aliphatic rings. The Bertz CT molecular complexity index is 272. The summed E-state index contributed by atoms with van der Waals surface area (Å²) in [4.78, 5) is 26.2. The first-order chi connectivity index (χ1) is 7.45. The second-order valence-electron chi connectivity index (χ2n) is 4.60. The van der Waals surface area contributed by atoms with Crippen LogP contribution in [0, 0.1) is 5.92 Å². The largest absolute Gasteiger partial charge is 0.370 e. The zero-order valence-corrected chi connectivity index (χ0v) is 10.3. The van der Waals surface area contributed by atoms with Gasteiger partial charge in [0, 0.05) is 38.0 Å². The average molecular weight is 227 g/mol. The maximum absolute atomic E-state index is 12.0. The number of nitrogens with zero attached hydrogens (tertiary/aromatic N) is 2. The third-order valence-corrected chi connectivity index (χ3v) is 2.93. The van der Waals surface area contributed by atoms with E-state index in [9.17, 15) is 9.59 Å². The maximum atomic E-state index is 12.0. The molecule has 1 rings (SSSR count).